The van der Waals surface area contributed by atoms with Crippen LogP contribution >= 0.6 is 11.3 Å². The second-order valence-corrected chi connectivity index (χ2v) is 3.62. The first-order chi connectivity index (χ1) is 5.84. The van der Waals surface area contributed by atoms with Crippen molar-refractivity contribution >= 4 is 11.3 Å². The molecule has 1 rings (SSSR count). The molecule has 1 aromatic heterocycles. The zero-order chi connectivity index (χ0) is 8.81. The van der Waals surface area contributed by atoms with E-state index < -0.39 is 0 Å². The van der Waals surface area contributed by atoms with Gasteiger partial charge in [0.25, 0.3) is 0 Å². The Hall–Kier alpha value is -0.780. The van der Waals surface area contributed by atoms with Gasteiger partial charge in [0.1, 0.15) is 0 Å². The van der Waals surface area contributed by atoms with Gasteiger partial charge in [0.05, 0.1) is 0 Å². The maximum Gasteiger partial charge on any atom is 0.0386 e. The van der Waals surface area contributed by atoms with Crippen molar-refractivity contribution in [3.8, 4) is 12.3 Å². The Morgan fingerprint density at radius 3 is 3.17 bits per heavy atom. The van der Waals surface area contributed by atoms with E-state index in [1.165, 1.54) is 4.88 Å². The Balaban J connectivity index is 2.30. The van der Waals surface area contributed by atoms with Crippen LogP contribution in [0.15, 0.2) is 17.5 Å². The van der Waals surface area contributed by atoms with Gasteiger partial charge in [-0.25, -0.2) is 0 Å². The Labute approximate surface area is 77.8 Å². The van der Waals surface area contributed by atoms with Crippen LogP contribution in [0, 0.1) is 12.3 Å². The van der Waals surface area contributed by atoms with Gasteiger partial charge < -0.3 is 5.32 Å². The number of rotatable bonds is 4. The van der Waals surface area contributed by atoms with Gasteiger partial charge in [-0.3, -0.25) is 0 Å². The minimum atomic E-state index is 0.429. The first kappa shape index (κ1) is 9.31. The van der Waals surface area contributed by atoms with Crippen LogP contribution in [0.1, 0.15) is 24.3 Å². The monoisotopic (exact) mass is 179 g/mol. The van der Waals surface area contributed by atoms with Crippen molar-refractivity contribution in [3.63, 3.8) is 0 Å². The number of hydrogen-bond donors (Lipinski definition) is 1. The maximum atomic E-state index is 5.15. The highest BCUT2D eigenvalue weighted by Crippen LogP contribution is 2.17. The Morgan fingerprint density at radius 2 is 2.58 bits per heavy atom. The second-order valence-electron chi connectivity index (χ2n) is 2.65. The molecule has 12 heavy (non-hydrogen) atoms. The molecule has 1 atom stereocenters. The lowest BCUT2D eigenvalue weighted by Crippen LogP contribution is -2.18. The highest BCUT2D eigenvalue weighted by molar-refractivity contribution is 7.10. The maximum absolute atomic E-state index is 5.15. The summed E-state index contributed by atoms with van der Waals surface area (Å²) in [7, 11) is 0. The summed E-state index contributed by atoms with van der Waals surface area (Å²) < 4.78 is 0. The summed E-state index contributed by atoms with van der Waals surface area (Å²) in [4.78, 5) is 1.37. The van der Waals surface area contributed by atoms with E-state index in [-0.39, 0.29) is 0 Å². The van der Waals surface area contributed by atoms with Crippen LogP contribution in [0.5, 0.6) is 0 Å². The van der Waals surface area contributed by atoms with Crippen LogP contribution in [0.25, 0.3) is 0 Å². The van der Waals surface area contributed by atoms with Gasteiger partial charge in [0.15, 0.2) is 0 Å². The first-order valence-corrected chi connectivity index (χ1v) is 4.93. The zero-order valence-corrected chi connectivity index (χ0v) is 8.03. The van der Waals surface area contributed by atoms with E-state index in [9.17, 15) is 0 Å². The summed E-state index contributed by atoms with van der Waals surface area (Å²) in [6.07, 6.45) is 5.95. The molecule has 0 aliphatic carbocycles. The van der Waals surface area contributed by atoms with Crippen molar-refractivity contribution in [2.24, 2.45) is 0 Å². The van der Waals surface area contributed by atoms with E-state index in [0.29, 0.717) is 6.04 Å². The minimum Gasteiger partial charge on any atom is -0.309 e. The molecule has 1 N–H and O–H groups in total. The average molecular weight is 179 g/mol. The molecule has 0 saturated carbocycles. The van der Waals surface area contributed by atoms with E-state index >= 15 is 0 Å². The third-order valence-electron chi connectivity index (χ3n) is 1.69. The van der Waals surface area contributed by atoms with Crippen molar-refractivity contribution in [3.05, 3.63) is 22.4 Å². The normalized spacial score (nSPS) is 12.3. The van der Waals surface area contributed by atoms with Crippen molar-refractivity contribution in [2.45, 2.75) is 19.4 Å². The van der Waals surface area contributed by atoms with Gasteiger partial charge in [-0.15, -0.1) is 23.7 Å². The fourth-order valence-electron chi connectivity index (χ4n) is 0.999. The molecule has 1 nitrogen and oxygen atoms in total. The summed E-state index contributed by atoms with van der Waals surface area (Å²) >= 11 is 1.77. The lowest BCUT2D eigenvalue weighted by molar-refractivity contribution is 0.592. The van der Waals surface area contributed by atoms with Crippen molar-refractivity contribution in [2.75, 3.05) is 6.54 Å². The van der Waals surface area contributed by atoms with E-state index in [1.54, 1.807) is 11.3 Å². The third-order valence-corrected chi connectivity index (χ3v) is 2.74. The highest BCUT2D eigenvalue weighted by Gasteiger charge is 2.03. The molecule has 0 amide bonds. The van der Waals surface area contributed by atoms with Gasteiger partial charge in [-0.05, 0) is 18.4 Å². The molecule has 0 unspecified atom stereocenters. The number of hydrogen-bond acceptors (Lipinski definition) is 2. The first-order valence-electron chi connectivity index (χ1n) is 4.05. The fraction of sp³-hybridized carbons (Fsp3) is 0.400. The molecule has 0 saturated heterocycles. The predicted molar refractivity (Wildman–Crippen MR) is 54.2 cm³/mol. The minimum absolute atomic E-state index is 0.429. The van der Waals surface area contributed by atoms with Gasteiger partial charge in [0, 0.05) is 23.9 Å². The molecule has 2 heteroatoms. The molecule has 1 aromatic rings. The topological polar surface area (TPSA) is 12.0 Å². The lowest BCUT2D eigenvalue weighted by Gasteiger charge is -2.09. The summed E-state index contributed by atoms with van der Waals surface area (Å²) in [5.74, 6) is 2.61. The quantitative estimate of drug-likeness (QED) is 0.553. The van der Waals surface area contributed by atoms with Gasteiger partial charge in [-0.2, -0.15) is 0 Å². The van der Waals surface area contributed by atoms with Crippen LogP contribution in [0.4, 0.5) is 0 Å². The molecule has 0 aliphatic heterocycles. The largest absolute Gasteiger partial charge is 0.309 e. The Morgan fingerprint density at radius 1 is 1.75 bits per heavy atom. The van der Waals surface area contributed by atoms with E-state index in [1.807, 2.05) is 0 Å². The molecule has 0 spiro atoms. The predicted octanol–water partition coefficient (Wildman–Crippen LogP) is 2.42. The molecule has 0 aromatic carbocycles. The number of thiophene rings is 1. The molecular weight excluding hydrogens is 166 g/mol. The van der Waals surface area contributed by atoms with Crippen molar-refractivity contribution < 1.29 is 0 Å². The molecule has 0 bridgehead atoms. The number of nitrogens with one attached hydrogen (secondary N) is 1. The number of terminal acetylenes is 1. The van der Waals surface area contributed by atoms with E-state index in [4.69, 9.17) is 6.42 Å². The smallest absolute Gasteiger partial charge is 0.0386 e. The SMILES string of the molecule is C#CCCN[C@H](C)c1cccs1. The van der Waals surface area contributed by atoms with Gasteiger partial charge >= 0.3 is 0 Å². The van der Waals surface area contributed by atoms with Crippen LogP contribution in [-0.4, -0.2) is 6.54 Å². The average Bonchev–Trinajstić information content (AvgIpc) is 2.56. The van der Waals surface area contributed by atoms with Gasteiger partial charge in [0.2, 0.25) is 0 Å². The molecule has 64 valence electrons. The van der Waals surface area contributed by atoms with Crippen molar-refractivity contribution in [1.29, 1.82) is 0 Å². The Kier molecular flexibility index (Phi) is 3.86. The summed E-state index contributed by atoms with van der Waals surface area (Å²) in [6, 6.07) is 4.63. The summed E-state index contributed by atoms with van der Waals surface area (Å²) in [5.41, 5.74) is 0. The molecular formula is C10H13NS. The van der Waals surface area contributed by atoms with Crippen LogP contribution in [-0.2, 0) is 0 Å². The molecule has 0 fully saturated rings. The van der Waals surface area contributed by atoms with E-state index in [2.05, 4.69) is 35.7 Å². The second kappa shape index (κ2) is 4.97. The van der Waals surface area contributed by atoms with Crippen LogP contribution in [0.3, 0.4) is 0 Å². The molecule has 1 heterocycles. The third kappa shape index (κ3) is 2.69. The highest BCUT2D eigenvalue weighted by atomic mass is 32.1. The fourth-order valence-corrected chi connectivity index (χ4v) is 1.76. The van der Waals surface area contributed by atoms with Crippen molar-refractivity contribution in [1.82, 2.24) is 5.32 Å². The lowest BCUT2D eigenvalue weighted by atomic mass is 10.2. The van der Waals surface area contributed by atoms with E-state index in [0.717, 1.165) is 13.0 Å². The van der Waals surface area contributed by atoms with Crippen LogP contribution in [0.2, 0.25) is 0 Å². The standard InChI is InChI=1S/C10H13NS/c1-3-4-7-11-9(2)10-6-5-8-12-10/h1,5-6,8-9,11H,4,7H2,2H3/t9-/m1/s1. The molecule has 0 radical (unpaired) electrons. The van der Waals surface area contributed by atoms with Crippen LogP contribution < -0.4 is 5.32 Å². The summed E-state index contributed by atoms with van der Waals surface area (Å²) in [5, 5.41) is 5.45. The van der Waals surface area contributed by atoms with Gasteiger partial charge in [-0.1, -0.05) is 6.07 Å². The summed E-state index contributed by atoms with van der Waals surface area (Å²) in [6.45, 7) is 3.05. The molecule has 0 aliphatic rings. The Bertz CT molecular complexity index is 245. The zero-order valence-electron chi connectivity index (χ0n) is 7.21.